The number of carboxylic acids is 1. The number of carboxylic acid groups (broad SMARTS) is 1. The highest BCUT2D eigenvalue weighted by molar-refractivity contribution is 5.88. The number of ether oxygens (including phenoxy) is 1. The molecule has 1 aromatic heterocycles. The molecule has 3 aromatic rings. The fourth-order valence-electron chi connectivity index (χ4n) is 2.28. The lowest BCUT2D eigenvalue weighted by Crippen LogP contribution is -1.95. The third-order valence-electron chi connectivity index (χ3n) is 3.43. The molecule has 6 nitrogen and oxygen atoms in total. The number of benzene rings is 2. The van der Waals surface area contributed by atoms with Crippen LogP contribution in [0.5, 0.6) is 5.75 Å². The van der Waals surface area contributed by atoms with E-state index in [0.29, 0.717) is 17.5 Å². The maximum atomic E-state index is 10.9. The van der Waals surface area contributed by atoms with E-state index in [0.717, 1.165) is 16.7 Å². The van der Waals surface area contributed by atoms with Crippen molar-refractivity contribution in [1.82, 2.24) is 10.1 Å². The first-order chi connectivity index (χ1) is 11.1. The summed E-state index contributed by atoms with van der Waals surface area (Å²) in [7, 11) is 1.58. The van der Waals surface area contributed by atoms with Crippen molar-refractivity contribution < 1.29 is 19.2 Å². The molecule has 0 bridgehead atoms. The average Bonchev–Trinajstić information content (AvgIpc) is 3.01. The Labute approximate surface area is 132 Å². The Balaban J connectivity index is 2.01. The molecule has 0 saturated heterocycles. The summed E-state index contributed by atoms with van der Waals surface area (Å²) < 4.78 is 10.4. The van der Waals surface area contributed by atoms with Crippen molar-refractivity contribution >= 4 is 5.97 Å². The monoisotopic (exact) mass is 310 g/mol. The van der Waals surface area contributed by atoms with E-state index in [2.05, 4.69) is 10.1 Å². The van der Waals surface area contributed by atoms with E-state index in [1.165, 1.54) is 0 Å². The molecular weight excluding hydrogens is 296 g/mol. The summed E-state index contributed by atoms with van der Waals surface area (Å²) in [6.07, 6.45) is 0. The van der Waals surface area contributed by atoms with Crippen LogP contribution in [0.2, 0.25) is 0 Å². The van der Waals surface area contributed by atoms with Gasteiger partial charge in [-0.2, -0.15) is 4.98 Å². The predicted octanol–water partition coefficient (Wildman–Crippen LogP) is 3.42. The number of carbonyl (C=O) groups is 1. The number of aromatic nitrogens is 2. The SMILES string of the molecule is COc1cc(-c2noc(C)n2)ccc1-c1ccc(C(=O)O)cc1. The van der Waals surface area contributed by atoms with Gasteiger partial charge < -0.3 is 14.4 Å². The average molecular weight is 310 g/mol. The summed E-state index contributed by atoms with van der Waals surface area (Å²) in [6.45, 7) is 1.73. The smallest absolute Gasteiger partial charge is 0.335 e. The van der Waals surface area contributed by atoms with Crippen LogP contribution in [-0.2, 0) is 0 Å². The van der Waals surface area contributed by atoms with Crippen molar-refractivity contribution in [3.63, 3.8) is 0 Å². The number of hydrogen-bond acceptors (Lipinski definition) is 5. The highest BCUT2D eigenvalue weighted by Crippen LogP contribution is 2.33. The summed E-state index contributed by atoms with van der Waals surface area (Å²) in [6, 6.07) is 12.2. The summed E-state index contributed by atoms with van der Waals surface area (Å²) in [5.74, 6) is 0.681. The second-order valence-corrected chi connectivity index (χ2v) is 4.93. The summed E-state index contributed by atoms with van der Waals surface area (Å²) in [5.41, 5.74) is 2.74. The highest BCUT2D eigenvalue weighted by Gasteiger charge is 2.12. The minimum atomic E-state index is -0.952. The van der Waals surface area contributed by atoms with E-state index in [1.807, 2.05) is 18.2 Å². The van der Waals surface area contributed by atoms with E-state index >= 15 is 0 Å². The maximum absolute atomic E-state index is 10.9. The van der Waals surface area contributed by atoms with Crippen LogP contribution in [0.4, 0.5) is 0 Å². The van der Waals surface area contributed by atoms with E-state index in [1.54, 1.807) is 38.3 Å². The normalized spacial score (nSPS) is 10.5. The Morgan fingerprint density at radius 1 is 1.13 bits per heavy atom. The van der Waals surface area contributed by atoms with Gasteiger partial charge in [-0.25, -0.2) is 4.79 Å². The molecule has 1 heterocycles. The number of aryl methyl sites for hydroxylation is 1. The van der Waals surface area contributed by atoms with Crippen LogP contribution in [0.25, 0.3) is 22.5 Å². The number of rotatable bonds is 4. The molecule has 0 amide bonds. The molecule has 0 saturated carbocycles. The lowest BCUT2D eigenvalue weighted by Gasteiger charge is -2.10. The first-order valence-electron chi connectivity index (χ1n) is 6.91. The van der Waals surface area contributed by atoms with E-state index in [9.17, 15) is 4.79 Å². The Morgan fingerprint density at radius 2 is 1.83 bits per heavy atom. The zero-order chi connectivity index (χ0) is 16.4. The van der Waals surface area contributed by atoms with Crippen molar-refractivity contribution in [2.75, 3.05) is 7.11 Å². The molecule has 0 atom stereocenters. The fourth-order valence-corrected chi connectivity index (χ4v) is 2.28. The van der Waals surface area contributed by atoms with E-state index in [4.69, 9.17) is 14.4 Å². The molecule has 0 spiro atoms. The van der Waals surface area contributed by atoms with Crippen LogP contribution < -0.4 is 4.74 Å². The lowest BCUT2D eigenvalue weighted by molar-refractivity contribution is 0.0697. The van der Waals surface area contributed by atoms with Crippen LogP contribution in [0.1, 0.15) is 16.2 Å². The lowest BCUT2D eigenvalue weighted by atomic mass is 10.0. The Bertz CT molecular complexity index is 853. The van der Waals surface area contributed by atoms with Gasteiger partial charge in [0, 0.05) is 18.1 Å². The second kappa shape index (κ2) is 5.92. The molecule has 0 radical (unpaired) electrons. The molecule has 1 N–H and O–H groups in total. The molecule has 0 aliphatic rings. The topological polar surface area (TPSA) is 85.5 Å². The van der Waals surface area contributed by atoms with Crippen LogP contribution in [0, 0.1) is 6.92 Å². The van der Waals surface area contributed by atoms with Gasteiger partial charge >= 0.3 is 5.97 Å². The molecule has 6 heteroatoms. The molecule has 0 aliphatic heterocycles. The molecule has 0 aliphatic carbocycles. The van der Waals surface area contributed by atoms with Gasteiger partial charge in [0.2, 0.25) is 11.7 Å². The first-order valence-corrected chi connectivity index (χ1v) is 6.91. The number of nitrogens with zero attached hydrogens (tertiary/aromatic N) is 2. The van der Waals surface area contributed by atoms with Gasteiger partial charge in [-0.3, -0.25) is 0 Å². The molecule has 0 fully saturated rings. The quantitative estimate of drug-likeness (QED) is 0.794. The highest BCUT2D eigenvalue weighted by atomic mass is 16.5. The Hall–Kier alpha value is -3.15. The van der Waals surface area contributed by atoms with Gasteiger partial charge in [0.05, 0.1) is 12.7 Å². The van der Waals surface area contributed by atoms with Crippen molar-refractivity contribution in [2.45, 2.75) is 6.92 Å². The number of hydrogen-bond donors (Lipinski definition) is 1. The van der Waals surface area contributed by atoms with Crippen molar-refractivity contribution in [1.29, 1.82) is 0 Å². The fraction of sp³-hybridized carbons (Fsp3) is 0.118. The summed E-state index contributed by atoms with van der Waals surface area (Å²) in [5, 5.41) is 12.9. The Kier molecular flexibility index (Phi) is 3.80. The predicted molar refractivity (Wildman–Crippen MR) is 83.4 cm³/mol. The Morgan fingerprint density at radius 3 is 2.39 bits per heavy atom. The van der Waals surface area contributed by atoms with Gasteiger partial charge in [0.25, 0.3) is 0 Å². The van der Waals surface area contributed by atoms with Gasteiger partial charge in [-0.05, 0) is 29.8 Å². The first kappa shape index (κ1) is 14.8. The maximum Gasteiger partial charge on any atom is 0.335 e. The zero-order valence-corrected chi connectivity index (χ0v) is 12.6. The summed E-state index contributed by atoms with van der Waals surface area (Å²) >= 11 is 0. The van der Waals surface area contributed by atoms with Crippen LogP contribution in [-0.4, -0.2) is 28.3 Å². The van der Waals surface area contributed by atoms with Gasteiger partial charge in [0.15, 0.2) is 0 Å². The standard InChI is InChI=1S/C17H14N2O4/c1-10-18-16(19-23-10)13-7-8-14(15(9-13)22-2)11-3-5-12(6-4-11)17(20)21/h3-9H,1-2H3,(H,20,21). The third kappa shape index (κ3) is 2.91. The largest absolute Gasteiger partial charge is 0.496 e. The molecule has 0 unspecified atom stereocenters. The molecular formula is C17H14N2O4. The van der Waals surface area contributed by atoms with Crippen molar-refractivity contribution in [2.24, 2.45) is 0 Å². The molecule has 116 valence electrons. The van der Waals surface area contributed by atoms with E-state index < -0.39 is 5.97 Å². The van der Waals surface area contributed by atoms with Crippen LogP contribution >= 0.6 is 0 Å². The molecule has 3 rings (SSSR count). The van der Waals surface area contributed by atoms with Crippen LogP contribution in [0.15, 0.2) is 47.0 Å². The van der Waals surface area contributed by atoms with Gasteiger partial charge in [-0.1, -0.05) is 23.4 Å². The minimum Gasteiger partial charge on any atom is -0.496 e. The van der Waals surface area contributed by atoms with Gasteiger partial charge in [0.1, 0.15) is 5.75 Å². The van der Waals surface area contributed by atoms with Crippen molar-refractivity contribution in [3.05, 3.63) is 53.9 Å². The second-order valence-electron chi connectivity index (χ2n) is 4.93. The van der Waals surface area contributed by atoms with Gasteiger partial charge in [-0.15, -0.1) is 0 Å². The number of aromatic carboxylic acids is 1. The zero-order valence-electron chi connectivity index (χ0n) is 12.6. The molecule has 23 heavy (non-hydrogen) atoms. The number of methoxy groups -OCH3 is 1. The van der Waals surface area contributed by atoms with E-state index in [-0.39, 0.29) is 5.56 Å². The third-order valence-corrected chi connectivity index (χ3v) is 3.43. The summed E-state index contributed by atoms with van der Waals surface area (Å²) in [4.78, 5) is 15.1. The minimum absolute atomic E-state index is 0.242. The van der Waals surface area contributed by atoms with Crippen molar-refractivity contribution in [3.8, 4) is 28.3 Å². The van der Waals surface area contributed by atoms with Crippen LogP contribution in [0.3, 0.4) is 0 Å². The molecule has 2 aromatic carbocycles.